The van der Waals surface area contributed by atoms with Gasteiger partial charge >= 0.3 is 0 Å². The number of rotatable bonds is 7. The number of anilines is 1. The lowest BCUT2D eigenvalue weighted by molar-refractivity contribution is -0.122. The minimum absolute atomic E-state index is 0.218. The lowest BCUT2D eigenvalue weighted by Crippen LogP contribution is -2.30. The van der Waals surface area contributed by atoms with E-state index in [1.54, 1.807) is 25.1 Å². The van der Waals surface area contributed by atoms with Crippen LogP contribution in [0, 0.1) is 0 Å². The van der Waals surface area contributed by atoms with Gasteiger partial charge in [0.15, 0.2) is 6.10 Å². The Morgan fingerprint density at radius 3 is 2.64 bits per heavy atom. The second kappa shape index (κ2) is 7.88. The van der Waals surface area contributed by atoms with E-state index in [0.29, 0.717) is 23.8 Å². The van der Waals surface area contributed by atoms with Gasteiger partial charge in [0.25, 0.3) is 5.91 Å². The van der Waals surface area contributed by atoms with Gasteiger partial charge in [-0.25, -0.2) is 0 Å². The zero-order chi connectivity index (χ0) is 15.8. The van der Waals surface area contributed by atoms with Crippen molar-refractivity contribution in [3.8, 4) is 11.5 Å². The van der Waals surface area contributed by atoms with Gasteiger partial charge < -0.3 is 14.8 Å². The number of hydrogen-bond donors (Lipinski definition) is 1. The summed E-state index contributed by atoms with van der Waals surface area (Å²) in [4.78, 5) is 12.1. The van der Waals surface area contributed by atoms with E-state index in [1.807, 2.05) is 42.5 Å². The molecule has 0 heterocycles. The molecule has 2 aromatic rings. The maximum atomic E-state index is 12.1. The maximum Gasteiger partial charge on any atom is 0.265 e. The third-order valence-electron chi connectivity index (χ3n) is 2.89. The molecule has 2 rings (SSSR count). The van der Waals surface area contributed by atoms with Crippen LogP contribution in [0.4, 0.5) is 5.69 Å². The van der Waals surface area contributed by atoms with Gasteiger partial charge in [0, 0.05) is 11.8 Å². The number of hydrogen-bond acceptors (Lipinski definition) is 3. The van der Waals surface area contributed by atoms with E-state index in [4.69, 9.17) is 9.47 Å². The van der Waals surface area contributed by atoms with Gasteiger partial charge in [0.05, 0.1) is 0 Å². The van der Waals surface area contributed by atoms with Gasteiger partial charge in [-0.1, -0.05) is 36.9 Å². The number of carbonyl (C=O) groups excluding carboxylic acids is 1. The molecule has 0 saturated heterocycles. The van der Waals surface area contributed by atoms with Gasteiger partial charge in [-0.3, -0.25) is 4.79 Å². The monoisotopic (exact) mass is 297 g/mol. The molecular weight excluding hydrogens is 278 g/mol. The summed E-state index contributed by atoms with van der Waals surface area (Å²) in [6.07, 6.45) is 1.07. The minimum Gasteiger partial charge on any atom is -0.489 e. The topological polar surface area (TPSA) is 47.6 Å². The van der Waals surface area contributed by atoms with E-state index in [9.17, 15) is 4.79 Å². The Bertz CT molecular complexity index is 625. The first-order valence-corrected chi connectivity index (χ1v) is 7.05. The van der Waals surface area contributed by atoms with Crippen LogP contribution in [0.25, 0.3) is 0 Å². The van der Waals surface area contributed by atoms with Gasteiger partial charge in [-0.05, 0) is 31.2 Å². The highest BCUT2D eigenvalue weighted by molar-refractivity contribution is 5.94. The van der Waals surface area contributed by atoms with Crippen molar-refractivity contribution in [1.82, 2.24) is 0 Å². The van der Waals surface area contributed by atoms with Gasteiger partial charge in [0.1, 0.15) is 18.1 Å². The predicted octanol–water partition coefficient (Wildman–Crippen LogP) is 3.66. The average Bonchev–Trinajstić information content (AvgIpc) is 2.54. The van der Waals surface area contributed by atoms with Crippen LogP contribution in [0.2, 0.25) is 0 Å². The van der Waals surface area contributed by atoms with Crippen molar-refractivity contribution >= 4 is 11.6 Å². The molecule has 4 heteroatoms. The fraction of sp³-hybridized carbons (Fsp3) is 0.167. The van der Waals surface area contributed by atoms with Crippen molar-refractivity contribution in [2.45, 2.75) is 13.0 Å². The third-order valence-corrected chi connectivity index (χ3v) is 2.89. The van der Waals surface area contributed by atoms with Crippen LogP contribution in [0.3, 0.4) is 0 Å². The number of amides is 1. The maximum absolute atomic E-state index is 12.1. The fourth-order valence-corrected chi connectivity index (χ4v) is 1.82. The van der Waals surface area contributed by atoms with Crippen LogP contribution in [0.1, 0.15) is 6.92 Å². The largest absolute Gasteiger partial charge is 0.489 e. The van der Waals surface area contributed by atoms with E-state index in [-0.39, 0.29) is 5.91 Å². The normalized spacial score (nSPS) is 11.3. The molecule has 1 amide bonds. The van der Waals surface area contributed by atoms with Gasteiger partial charge in [0.2, 0.25) is 0 Å². The van der Waals surface area contributed by atoms with Crippen LogP contribution < -0.4 is 14.8 Å². The minimum atomic E-state index is -0.597. The van der Waals surface area contributed by atoms with E-state index in [0.717, 1.165) is 0 Å². The summed E-state index contributed by atoms with van der Waals surface area (Å²) < 4.78 is 11.0. The summed E-state index contributed by atoms with van der Waals surface area (Å²) >= 11 is 0. The number of para-hydroxylation sites is 1. The zero-order valence-electron chi connectivity index (χ0n) is 12.5. The summed E-state index contributed by atoms with van der Waals surface area (Å²) in [5, 5.41) is 2.81. The quantitative estimate of drug-likeness (QED) is 0.793. The van der Waals surface area contributed by atoms with Crippen LogP contribution in [0.5, 0.6) is 11.5 Å². The van der Waals surface area contributed by atoms with Crippen LogP contribution in [0.15, 0.2) is 67.3 Å². The molecule has 0 aliphatic heterocycles. The molecule has 2 aromatic carbocycles. The molecule has 0 aromatic heterocycles. The Kier molecular flexibility index (Phi) is 5.60. The van der Waals surface area contributed by atoms with Crippen molar-refractivity contribution in [3.63, 3.8) is 0 Å². The predicted molar refractivity (Wildman–Crippen MR) is 87.3 cm³/mol. The Morgan fingerprint density at radius 2 is 1.91 bits per heavy atom. The van der Waals surface area contributed by atoms with E-state index < -0.39 is 6.10 Å². The summed E-state index contributed by atoms with van der Waals surface area (Å²) in [5.74, 6) is 1.12. The lowest BCUT2D eigenvalue weighted by Gasteiger charge is -2.15. The fourth-order valence-electron chi connectivity index (χ4n) is 1.82. The summed E-state index contributed by atoms with van der Waals surface area (Å²) in [7, 11) is 0. The molecule has 114 valence electrons. The highest BCUT2D eigenvalue weighted by atomic mass is 16.5. The van der Waals surface area contributed by atoms with E-state index >= 15 is 0 Å². The summed E-state index contributed by atoms with van der Waals surface area (Å²) in [6.45, 7) is 5.73. The number of benzene rings is 2. The Balaban J connectivity index is 1.94. The van der Waals surface area contributed by atoms with E-state index in [2.05, 4.69) is 11.9 Å². The number of ether oxygens (including phenoxy) is 2. The van der Waals surface area contributed by atoms with Crippen LogP contribution in [-0.2, 0) is 4.79 Å². The molecule has 0 spiro atoms. The summed E-state index contributed by atoms with van der Waals surface area (Å²) in [5.41, 5.74) is 0.662. The Labute approximate surface area is 130 Å². The van der Waals surface area contributed by atoms with E-state index in [1.165, 1.54) is 0 Å². The van der Waals surface area contributed by atoms with Crippen LogP contribution >= 0.6 is 0 Å². The second-order valence-corrected chi connectivity index (χ2v) is 4.69. The molecule has 0 bridgehead atoms. The number of nitrogens with one attached hydrogen (secondary N) is 1. The van der Waals surface area contributed by atoms with Crippen molar-refractivity contribution in [1.29, 1.82) is 0 Å². The smallest absolute Gasteiger partial charge is 0.265 e. The lowest BCUT2D eigenvalue weighted by atomic mass is 10.2. The molecule has 0 aliphatic carbocycles. The molecule has 22 heavy (non-hydrogen) atoms. The highest BCUT2D eigenvalue weighted by Gasteiger charge is 2.14. The standard InChI is InChI=1S/C18H19NO3/c1-3-12-21-17-11-7-8-15(13-17)19-18(20)14(2)22-16-9-5-4-6-10-16/h3-11,13-14H,1,12H2,2H3,(H,19,20)/t14-/m0/s1. The zero-order valence-corrected chi connectivity index (χ0v) is 12.5. The Hall–Kier alpha value is -2.75. The molecular formula is C18H19NO3. The first-order chi connectivity index (χ1) is 10.7. The SMILES string of the molecule is C=CCOc1cccc(NC(=O)[C@H](C)Oc2ccccc2)c1. The average molecular weight is 297 g/mol. The summed E-state index contributed by atoms with van der Waals surface area (Å²) in [6, 6.07) is 16.4. The van der Waals surface area contributed by atoms with Crippen molar-refractivity contribution < 1.29 is 14.3 Å². The molecule has 0 saturated carbocycles. The molecule has 1 N–H and O–H groups in total. The second-order valence-electron chi connectivity index (χ2n) is 4.69. The first kappa shape index (κ1) is 15.6. The molecule has 0 unspecified atom stereocenters. The van der Waals surface area contributed by atoms with Gasteiger partial charge in [-0.15, -0.1) is 0 Å². The molecule has 0 aliphatic rings. The third kappa shape index (κ3) is 4.66. The molecule has 0 radical (unpaired) electrons. The van der Waals surface area contributed by atoms with Crippen molar-refractivity contribution in [2.75, 3.05) is 11.9 Å². The number of carbonyl (C=O) groups is 1. The molecule has 4 nitrogen and oxygen atoms in total. The van der Waals surface area contributed by atoms with Crippen molar-refractivity contribution in [3.05, 3.63) is 67.3 Å². The van der Waals surface area contributed by atoms with Crippen molar-refractivity contribution in [2.24, 2.45) is 0 Å². The first-order valence-electron chi connectivity index (χ1n) is 7.05. The molecule has 1 atom stereocenters. The Morgan fingerprint density at radius 1 is 1.18 bits per heavy atom. The molecule has 0 fully saturated rings. The van der Waals surface area contributed by atoms with Crippen LogP contribution in [-0.4, -0.2) is 18.6 Å². The van der Waals surface area contributed by atoms with Gasteiger partial charge in [-0.2, -0.15) is 0 Å². The highest BCUT2D eigenvalue weighted by Crippen LogP contribution is 2.18.